The van der Waals surface area contributed by atoms with Gasteiger partial charge in [0.25, 0.3) is 0 Å². The van der Waals surface area contributed by atoms with Crippen LogP contribution in [0.3, 0.4) is 0 Å². The number of aliphatic hydroxyl groups excluding tert-OH is 3. The number of hydrogen-bond donors (Lipinski definition) is 3. The molecule has 0 spiro atoms. The van der Waals surface area contributed by atoms with Crippen molar-refractivity contribution in [3.63, 3.8) is 0 Å². The molecule has 0 saturated heterocycles. The van der Waals surface area contributed by atoms with Gasteiger partial charge in [0.2, 0.25) is 0 Å². The lowest BCUT2D eigenvalue weighted by molar-refractivity contribution is 0.248. The average Bonchev–Trinajstić information content (AvgIpc) is 3.15. The Morgan fingerprint density at radius 2 is 1.82 bits per heavy atom. The molecule has 0 bridgehead atoms. The van der Waals surface area contributed by atoms with Gasteiger partial charge < -0.3 is 19.7 Å². The molecule has 1 aromatic carbocycles. The number of aliphatic hydroxyl groups is 3. The first kappa shape index (κ1) is 21.9. The topological polar surface area (TPSA) is 73.8 Å². The number of hydrogen-bond acceptors (Lipinski definition) is 4. The summed E-state index contributed by atoms with van der Waals surface area (Å²) in [5.74, 6) is 0.522. The first-order valence-electron chi connectivity index (χ1n) is 9.59. The van der Waals surface area contributed by atoms with Gasteiger partial charge in [0.05, 0.1) is 19.5 Å². The lowest BCUT2D eigenvalue weighted by Crippen LogP contribution is -1.96. The Morgan fingerprint density at radius 1 is 1.00 bits per heavy atom. The SMILES string of the molecule is CC(C)=CCC/C(=C/CO)Cc1ccc(-c2ccoc2CO)c(/C=C/CO)c1. The molecule has 28 heavy (non-hydrogen) atoms. The van der Waals surface area contributed by atoms with E-state index in [0.29, 0.717) is 5.76 Å². The first-order chi connectivity index (χ1) is 13.6. The van der Waals surface area contributed by atoms with Crippen LogP contribution in [0, 0.1) is 0 Å². The van der Waals surface area contributed by atoms with Gasteiger partial charge in [-0.2, -0.15) is 0 Å². The van der Waals surface area contributed by atoms with Crippen molar-refractivity contribution < 1.29 is 19.7 Å². The van der Waals surface area contributed by atoms with Crippen molar-refractivity contribution in [2.45, 2.75) is 39.7 Å². The maximum absolute atomic E-state index is 9.50. The summed E-state index contributed by atoms with van der Waals surface area (Å²) < 4.78 is 5.35. The van der Waals surface area contributed by atoms with Crippen LogP contribution < -0.4 is 0 Å². The number of rotatable bonds is 10. The Bertz CT molecular complexity index is 836. The zero-order valence-corrected chi connectivity index (χ0v) is 16.7. The van der Waals surface area contributed by atoms with Crippen LogP contribution in [0.4, 0.5) is 0 Å². The second-order valence-electron chi connectivity index (χ2n) is 6.96. The van der Waals surface area contributed by atoms with Crippen molar-refractivity contribution in [1.29, 1.82) is 0 Å². The third-order valence-corrected chi connectivity index (χ3v) is 4.53. The zero-order chi connectivity index (χ0) is 20.4. The van der Waals surface area contributed by atoms with E-state index in [-0.39, 0.29) is 19.8 Å². The summed E-state index contributed by atoms with van der Waals surface area (Å²) in [5, 5.41) is 28.0. The van der Waals surface area contributed by atoms with E-state index >= 15 is 0 Å². The van der Waals surface area contributed by atoms with Crippen molar-refractivity contribution >= 4 is 6.08 Å². The van der Waals surface area contributed by atoms with Crippen molar-refractivity contribution in [2.75, 3.05) is 13.2 Å². The van der Waals surface area contributed by atoms with Crippen molar-refractivity contribution in [2.24, 2.45) is 0 Å². The first-order valence-corrected chi connectivity index (χ1v) is 9.59. The van der Waals surface area contributed by atoms with Gasteiger partial charge >= 0.3 is 0 Å². The molecule has 2 aromatic rings. The van der Waals surface area contributed by atoms with Crippen LogP contribution in [0.2, 0.25) is 0 Å². The van der Waals surface area contributed by atoms with Gasteiger partial charge in [-0.05, 0) is 55.9 Å². The maximum atomic E-state index is 9.50. The predicted octanol–water partition coefficient (Wildman–Crippen LogP) is 4.65. The molecule has 2 rings (SSSR count). The van der Waals surface area contributed by atoms with E-state index in [0.717, 1.165) is 41.5 Å². The van der Waals surface area contributed by atoms with E-state index in [1.807, 2.05) is 24.3 Å². The van der Waals surface area contributed by atoms with Crippen molar-refractivity contribution in [3.8, 4) is 11.1 Å². The van der Waals surface area contributed by atoms with E-state index in [9.17, 15) is 15.3 Å². The predicted molar refractivity (Wildman–Crippen MR) is 114 cm³/mol. The van der Waals surface area contributed by atoms with E-state index in [1.165, 1.54) is 11.1 Å². The molecule has 0 unspecified atom stereocenters. The molecule has 0 fully saturated rings. The van der Waals surface area contributed by atoms with Gasteiger partial charge in [0, 0.05) is 5.56 Å². The molecule has 4 nitrogen and oxygen atoms in total. The van der Waals surface area contributed by atoms with Crippen molar-refractivity contribution in [3.05, 3.63) is 76.8 Å². The molecular formula is C24H30O4. The van der Waals surface area contributed by atoms with E-state index in [2.05, 4.69) is 32.1 Å². The third-order valence-electron chi connectivity index (χ3n) is 4.53. The highest BCUT2D eigenvalue weighted by Gasteiger charge is 2.12. The van der Waals surface area contributed by atoms with Gasteiger partial charge in [-0.3, -0.25) is 0 Å². The fourth-order valence-corrected chi connectivity index (χ4v) is 3.19. The highest BCUT2D eigenvalue weighted by Crippen LogP contribution is 2.31. The maximum Gasteiger partial charge on any atom is 0.136 e. The molecule has 0 aliphatic rings. The molecule has 0 saturated carbocycles. The van der Waals surface area contributed by atoms with E-state index in [1.54, 1.807) is 12.3 Å². The quantitative estimate of drug-likeness (QED) is 0.523. The highest BCUT2D eigenvalue weighted by molar-refractivity contribution is 5.77. The van der Waals surface area contributed by atoms with E-state index < -0.39 is 0 Å². The Hall–Kier alpha value is -2.40. The van der Waals surface area contributed by atoms with Gasteiger partial charge in [-0.25, -0.2) is 0 Å². The van der Waals surface area contributed by atoms with Crippen molar-refractivity contribution in [1.82, 2.24) is 0 Å². The molecule has 1 aromatic heterocycles. The highest BCUT2D eigenvalue weighted by atomic mass is 16.4. The zero-order valence-electron chi connectivity index (χ0n) is 16.7. The van der Waals surface area contributed by atoms with Gasteiger partial charge in [-0.1, -0.05) is 53.6 Å². The van der Waals surface area contributed by atoms with Gasteiger partial charge in [0.1, 0.15) is 12.4 Å². The second kappa shape index (κ2) is 11.4. The molecule has 0 amide bonds. The normalized spacial score (nSPS) is 12.0. The summed E-state index contributed by atoms with van der Waals surface area (Å²) in [6.45, 7) is 4.00. The second-order valence-corrected chi connectivity index (χ2v) is 6.96. The average molecular weight is 383 g/mol. The minimum atomic E-state index is -0.166. The standard InChI is InChI=1S/C24H30O4/c1-18(2)5-3-6-19(10-13-26)15-20-8-9-22(21(16-20)7-4-12-25)23-11-14-28-24(23)17-27/h4-5,7-11,14,16,25-27H,3,6,12-13,15,17H2,1-2H3/b7-4+,19-10-. The summed E-state index contributed by atoms with van der Waals surface area (Å²) in [5.41, 5.74) is 6.38. The minimum absolute atomic E-state index is 0.0361. The molecule has 0 radical (unpaired) electrons. The van der Waals surface area contributed by atoms with Gasteiger partial charge in [-0.15, -0.1) is 0 Å². The lowest BCUT2D eigenvalue weighted by Gasteiger charge is -2.11. The van der Waals surface area contributed by atoms with Crippen LogP contribution in [-0.4, -0.2) is 28.5 Å². The van der Waals surface area contributed by atoms with Crippen LogP contribution in [-0.2, 0) is 13.0 Å². The van der Waals surface area contributed by atoms with Crippen LogP contribution in [0.1, 0.15) is 43.6 Å². The largest absolute Gasteiger partial charge is 0.466 e. The molecule has 0 aliphatic carbocycles. The fraction of sp³-hybridized carbons (Fsp3) is 0.333. The van der Waals surface area contributed by atoms with Crippen LogP contribution in [0.5, 0.6) is 0 Å². The summed E-state index contributed by atoms with van der Waals surface area (Å²) in [6, 6.07) is 8.00. The summed E-state index contributed by atoms with van der Waals surface area (Å²) in [6.07, 6.45) is 11.9. The molecular weight excluding hydrogens is 352 g/mol. The molecule has 1 heterocycles. The third kappa shape index (κ3) is 6.34. The van der Waals surface area contributed by atoms with E-state index in [4.69, 9.17) is 4.42 Å². The summed E-state index contributed by atoms with van der Waals surface area (Å²) in [7, 11) is 0. The monoisotopic (exact) mass is 382 g/mol. The molecule has 4 heteroatoms. The number of furan rings is 1. The number of benzene rings is 1. The molecule has 3 N–H and O–H groups in total. The smallest absolute Gasteiger partial charge is 0.136 e. The Labute approximate surface area is 167 Å². The van der Waals surface area contributed by atoms with Crippen LogP contribution in [0.25, 0.3) is 17.2 Å². The van der Waals surface area contributed by atoms with Crippen LogP contribution in [0.15, 0.2) is 64.3 Å². The molecule has 0 aliphatic heterocycles. The van der Waals surface area contributed by atoms with Gasteiger partial charge in [0.15, 0.2) is 0 Å². The Balaban J connectivity index is 2.31. The summed E-state index contributed by atoms with van der Waals surface area (Å²) in [4.78, 5) is 0. The number of allylic oxidation sites excluding steroid dienone is 3. The lowest BCUT2D eigenvalue weighted by atomic mass is 9.93. The van der Waals surface area contributed by atoms with Crippen LogP contribution >= 0.6 is 0 Å². The fourth-order valence-electron chi connectivity index (χ4n) is 3.19. The summed E-state index contributed by atoms with van der Waals surface area (Å²) >= 11 is 0. The minimum Gasteiger partial charge on any atom is -0.466 e. The molecule has 150 valence electrons. The Morgan fingerprint density at radius 3 is 2.50 bits per heavy atom. The molecule has 0 atom stereocenters. The Kier molecular flexibility index (Phi) is 8.95.